The number of ether oxygens (including phenoxy) is 1. The number of para-hydroxylation sites is 1. The van der Waals surface area contributed by atoms with E-state index in [1.165, 1.54) is 19.5 Å². The molecule has 1 amide bonds. The Morgan fingerprint density at radius 2 is 1.71 bits per heavy atom. The Kier molecular flexibility index (Phi) is 5.44. The molecule has 2 fully saturated rings. The second kappa shape index (κ2) is 7.56. The van der Waals surface area contributed by atoms with Gasteiger partial charge in [-0.15, -0.1) is 0 Å². The van der Waals surface area contributed by atoms with Crippen molar-refractivity contribution in [3.63, 3.8) is 0 Å². The summed E-state index contributed by atoms with van der Waals surface area (Å²) in [5.41, 5.74) is 0.679. The standard InChI is InChI=1S/C20H30N2O2/c1-15-12-16(2)14-22(13-15)17-8-10-21(11-9-17)20(23)18-6-4-5-7-19(18)24-3/h4-7,15-17H,8-14H2,1-3H3/t15-,16-/m0/s1. The molecule has 0 spiro atoms. The van der Waals surface area contributed by atoms with E-state index in [-0.39, 0.29) is 5.91 Å². The first-order valence-corrected chi connectivity index (χ1v) is 9.24. The molecule has 3 rings (SSSR count). The predicted molar refractivity (Wildman–Crippen MR) is 96.4 cm³/mol. The lowest BCUT2D eigenvalue weighted by Gasteiger charge is -2.43. The normalized spacial score (nSPS) is 26.4. The summed E-state index contributed by atoms with van der Waals surface area (Å²) in [5.74, 6) is 2.36. The van der Waals surface area contributed by atoms with Gasteiger partial charge >= 0.3 is 0 Å². The molecular formula is C20H30N2O2. The maximum atomic E-state index is 12.8. The highest BCUT2D eigenvalue weighted by Crippen LogP contribution is 2.28. The first-order chi connectivity index (χ1) is 11.6. The molecule has 0 radical (unpaired) electrons. The van der Waals surface area contributed by atoms with Crippen LogP contribution in [0.15, 0.2) is 24.3 Å². The number of piperidine rings is 2. The van der Waals surface area contributed by atoms with Crippen molar-refractivity contribution in [1.82, 2.24) is 9.80 Å². The van der Waals surface area contributed by atoms with Crippen LogP contribution in [0.3, 0.4) is 0 Å². The first-order valence-electron chi connectivity index (χ1n) is 9.24. The predicted octanol–water partition coefficient (Wildman–Crippen LogP) is 3.28. The lowest BCUT2D eigenvalue weighted by molar-refractivity contribution is 0.0449. The third-order valence-electron chi connectivity index (χ3n) is 5.50. The van der Waals surface area contributed by atoms with Crippen LogP contribution in [-0.4, -0.2) is 55.0 Å². The van der Waals surface area contributed by atoms with Crippen molar-refractivity contribution in [2.75, 3.05) is 33.3 Å². The van der Waals surface area contributed by atoms with E-state index in [0.29, 0.717) is 17.4 Å². The maximum absolute atomic E-state index is 12.8. The van der Waals surface area contributed by atoms with Crippen LogP contribution >= 0.6 is 0 Å². The summed E-state index contributed by atoms with van der Waals surface area (Å²) in [5, 5.41) is 0. The Morgan fingerprint density at radius 1 is 1.08 bits per heavy atom. The third-order valence-corrected chi connectivity index (χ3v) is 5.50. The van der Waals surface area contributed by atoms with Crippen LogP contribution in [0.4, 0.5) is 0 Å². The Balaban J connectivity index is 1.59. The van der Waals surface area contributed by atoms with Gasteiger partial charge in [0, 0.05) is 32.2 Å². The molecule has 4 heteroatoms. The van der Waals surface area contributed by atoms with Gasteiger partial charge in [-0.25, -0.2) is 0 Å². The van der Waals surface area contributed by atoms with Crippen molar-refractivity contribution >= 4 is 5.91 Å². The largest absolute Gasteiger partial charge is 0.496 e. The summed E-state index contributed by atoms with van der Waals surface area (Å²) in [4.78, 5) is 17.5. The fraction of sp³-hybridized carbons (Fsp3) is 0.650. The molecule has 2 atom stereocenters. The average Bonchev–Trinajstić information content (AvgIpc) is 2.60. The number of benzene rings is 1. The van der Waals surface area contributed by atoms with Crippen molar-refractivity contribution in [3.05, 3.63) is 29.8 Å². The van der Waals surface area contributed by atoms with Crippen molar-refractivity contribution in [1.29, 1.82) is 0 Å². The van der Waals surface area contributed by atoms with E-state index in [0.717, 1.165) is 37.8 Å². The molecule has 1 aromatic rings. The second-order valence-corrected chi connectivity index (χ2v) is 7.62. The van der Waals surface area contributed by atoms with Gasteiger partial charge in [0.15, 0.2) is 0 Å². The lowest BCUT2D eigenvalue weighted by Crippen LogP contribution is -2.50. The molecule has 0 saturated carbocycles. The molecule has 132 valence electrons. The van der Waals surface area contributed by atoms with Crippen LogP contribution in [-0.2, 0) is 0 Å². The van der Waals surface area contributed by atoms with Gasteiger partial charge in [0.2, 0.25) is 0 Å². The van der Waals surface area contributed by atoms with Gasteiger partial charge in [0.05, 0.1) is 12.7 Å². The zero-order valence-corrected chi connectivity index (χ0v) is 15.2. The molecule has 0 unspecified atom stereocenters. The molecule has 1 aromatic carbocycles. The smallest absolute Gasteiger partial charge is 0.257 e. The minimum absolute atomic E-state index is 0.103. The Morgan fingerprint density at radius 3 is 2.33 bits per heavy atom. The number of methoxy groups -OCH3 is 1. The van der Waals surface area contributed by atoms with E-state index in [4.69, 9.17) is 4.74 Å². The van der Waals surface area contributed by atoms with Crippen LogP contribution in [0, 0.1) is 11.8 Å². The second-order valence-electron chi connectivity index (χ2n) is 7.62. The van der Waals surface area contributed by atoms with E-state index in [9.17, 15) is 4.79 Å². The average molecular weight is 330 g/mol. The SMILES string of the molecule is COc1ccccc1C(=O)N1CCC(N2C[C@@H](C)C[C@H](C)C2)CC1. The number of rotatable bonds is 3. The molecule has 0 bridgehead atoms. The first kappa shape index (κ1) is 17.3. The third kappa shape index (κ3) is 3.75. The van der Waals surface area contributed by atoms with Gasteiger partial charge in [-0.1, -0.05) is 26.0 Å². The van der Waals surface area contributed by atoms with Gasteiger partial charge < -0.3 is 9.64 Å². The van der Waals surface area contributed by atoms with Crippen LogP contribution in [0.1, 0.15) is 43.5 Å². The molecular weight excluding hydrogens is 300 g/mol. The number of carbonyl (C=O) groups excluding carboxylic acids is 1. The molecule has 0 aliphatic carbocycles. The van der Waals surface area contributed by atoms with Crippen molar-refractivity contribution in [3.8, 4) is 5.75 Å². The summed E-state index contributed by atoms with van der Waals surface area (Å²) in [6, 6.07) is 8.16. The number of nitrogens with zero attached hydrogens (tertiary/aromatic N) is 2. The van der Waals surface area contributed by atoms with Crippen LogP contribution in [0.25, 0.3) is 0 Å². The van der Waals surface area contributed by atoms with Crippen LogP contribution < -0.4 is 4.74 Å². The highest BCUT2D eigenvalue weighted by Gasteiger charge is 2.31. The molecule has 2 aliphatic rings. The number of hydrogen-bond acceptors (Lipinski definition) is 3. The van der Waals surface area contributed by atoms with Gasteiger partial charge in [0.1, 0.15) is 5.75 Å². The molecule has 2 heterocycles. The van der Waals surface area contributed by atoms with Gasteiger partial charge in [-0.2, -0.15) is 0 Å². The summed E-state index contributed by atoms with van der Waals surface area (Å²) in [7, 11) is 1.62. The number of carbonyl (C=O) groups is 1. The van der Waals surface area contributed by atoms with E-state index in [2.05, 4.69) is 18.7 Å². The summed E-state index contributed by atoms with van der Waals surface area (Å²) < 4.78 is 5.34. The molecule has 0 N–H and O–H groups in total. The Bertz CT molecular complexity index is 557. The highest BCUT2D eigenvalue weighted by molar-refractivity contribution is 5.97. The monoisotopic (exact) mass is 330 g/mol. The van der Waals surface area contributed by atoms with Gasteiger partial charge in [0.25, 0.3) is 5.91 Å². The molecule has 0 aromatic heterocycles. The summed E-state index contributed by atoms with van der Waals surface area (Å²) >= 11 is 0. The summed E-state index contributed by atoms with van der Waals surface area (Å²) in [6.07, 6.45) is 3.52. The molecule has 24 heavy (non-hydrogen) atoms. The van der Waals surface area contributed by atoms with Crippen LogP contribution in [0.5, 0.6) is 5.75 Å². The minimum Gasteiger partial charge on any atom is -0.496 e. The topological polar surface area (TPSA) is 32.8 Å². The maximum Gasteiger partial charge on any atom is 0.257 e. The van der Waals surface area contributed by atoms with Crippen molar-refractivity contribution < 1.29 is 9.53 Å². The zero-order valence-electron chi connectivity index (χ0n) is 15.2. The molecule has 2 aliphatic heterocycles. The van der Waals surface area contributed by atoms with E-state index < -0.39 is 0 Å². The fourth-order valence-electron chi connectivity index (χ4n) is 4.44. The van der Waals surface area contributed by atoms with Crippen molar-refractivity contribution in [2.24, 2.45) is 11.8 Å². The Labute approximate surface area is 145 Å². The Hall–Kier alpha value is -1.55. The fourth-order valence-corrected chi connectivity index (χ4v) is 4.44. The molecule has 2 saturated heterocycles. The van der Waals surface area contributed by atoms with Gasteiger partial charge in [-0.3, -0.25) is 9.69 Å². The number of hydrogen-bond donors (Lipinski definition) is 0. The zero-order chi connectivity index (χ0) is 17.1. The number of likely N-dealkylation sites (tertiary alicyclic amines) is 2. The lowest BCUT2D eigenvalue weighted by atomic mass is 9.89. The number of amides is 1. The van der Waals surface area contributed by atoms with Crippen molar-refractivity contribution in [2.45, 2.75) is 39.2 Å². The van der Waals surface area contributed by atoms with E-state index in [1.54, 1.807) is 7.11 Å². The van der Waals surface area contributed by atoms with Gasteiger partial charge in [-0.05, 0) is 43.2 Å². The minimum atomic E-state index is 0.103. The highest BCUT2D eigenvalue weighted by atomic mass is 16.5. The molecule has 4 nitrogen and oxygen atoms in total. The quantitative estimate of drug-likeness (QED) is 0.853. The van der Waals surface area contributed by atoms with E-state index >= 15 is 0 Å². The summed E-state index contributed by atoms with van der Waals surface area (Å²) in [6.45, 7) is 8.86. The van der Waals surface area contributed by atoms with Crippen LogP contribution in [0.2, 0.25) is 0 Å². The van der Waals surface area contributed by atoms with E-state index in [1.807, 2.05) is 29.2 Å².